The lowest BCUT2D eigenvalue weighted by Crippen LogP contribution is -2.03. The molecule has 2 N–H and O–H groups in total. The van der Waals surface area contributed by atoms with Crippen LogP contribution in [0.25, 0.3) is 10.9 Å². The largest absolute Gasteiger partial charge is 0.477 e. The average Bonchev–Trinajstić information content (AvgIpc) is 2.84. The molecule has 0 aliphatic rings. The van der Waals surface area contributed by atoms with Crippen LogP contribution in [0.4, 0.5) is 0 Å². The van der Waals surface area contributed by atoms with E-state index in [-0.39, 0.29) is 11.5 Å². The highest BCUT2D eigenvalue weighted by Crippen LogP contribution is 2.28. The van der Waals surface area contributed by atoms with Crippen LogP contribution >= 0.6 is 0 Å². The number of fused-ring (bicyclic) bond motifs is 1. The Bertz CT molecular complexity index is 892. The molecule has 0 radical (unpaired) electrons. The summed E-state index contributed by atoms with van der Waals surface area (Å²) in [5, 5.41) is 10.0. The number of ketones is 1. The van der Waals surface area contributed by atoms with E-state index in [0.717, 1.165) is 10.9 Å². The van der Waals surface area contributed by atoms with Crippen LogP contribution in [-0.4, -0.2) is 21.8 Å². The van der Waals surface area contributed by atoms with Gasteiger partial charge in [0.15, 0.2) is 5.78 Å². The van der Waals surface area contributed by atoms with E-state index in [4.69, 9.17) is 0 Å². The fourth-order valence-corrected chi connectivity index (χ4v) is 2.71. The van der Waals surface area contributed by atoms with E-state index in [1.165, 1.54) is 0 Å². The summed E-state index contributed by atoms with van der Waals surface area (Å²) in [5.74, 6) is -1.14. The second-order valence-electron chi connectivity index (χ2n) is 5.36. The molecule has 110 valence electrons. The molecular weight excluding hydrogens is 278 g/mol. The molecule has 0 saturated heterocycles. The Hall–Kier alpha value is -2.88. The van der Waals surface area contributed by atoms with Crippen LogP contribution in [0.3, 0.4) is 0 Å². The van der Waals surface area contributed by atoms with E-state index in [1.807, 2.05) is 31.2 Å². The standard InChI is InChI=1S/C18H15NO3/c1-10-8-13-11(2)15(18(21)22)19-16(13)14(9-10)17(20)12-6-4-3-5-7-12/h3-9,19H,1-2H3,(H,21,22). The zero-order valence-corrected chi connectivity index (χ0v) is 12.3. The third-order valence-corrected chi connectivity index (χ3v) is 3.81. The van der Waals surface area contributed by atoms with Gasteiger partial charge in [-0.25, -0.2) is 4.79 Å². The molecule has 0 aliphatic heterocycles. The van der Waals surface area contributed by atoms with Crippen molar-refractivity contribution in [2.45, 2.75) is 13.8 Å². The highest BCUT2D eigenvalue weighted by Gasteiger charge is 2.20. The Balaban J connectivity index is 2.28. The lowest BCUT2D eigenvalue weighted by Gasteiger charge is -2.05. The first kappa shape index (κ1) is 14.1. The Labute approximate surface area is 127 Å². The summed E-state index contributed by atoms with van der Waals surface area (Å²) < 4.78 is 0. The van der Waals surface area contributed by atoms with Crippen molar-refractivity contribution in [1.82, 2.24) is 4.98 Å². The van der Waals surface area contributed by atoms with Gasteiger partial charge >= 0.3 is 5.97 Å². The Kier molecular flexibility index (Phi) is 3.29. The van der Waals surface area contributed by atoms with Gasteiger partial charge in [-0.3, -0.25) is 4.79 Å². The van der Waals surface area contributed by atoms with Gasteiger partial charge in [0.25, 0.3) is 0 Å². The molecule has 0 saturated carbocycles. The normalized spacial score (nSPS) is 10.8. The van der Waals surface area contributed by atoms with Gasteiger partial charge in [0, 0.05) is 16.5 Å². The van der Waals surface area contributed by atoms with Crippen molar-refractivity contribution < 1.29 is 14.7 Å². The Morgan fingerprint density at radius 2 is 1.73 bits per heavy atom. The lowest BCUT2D eigenvalue weighted by atomic mass is 9.98. The molecule has 0 amide bonds. The maximum Gasteiger partial charge on any atom is 0.352 e. The van der Waals surface area contributed by atoms with Crippen LogP contribution in [0.15, 0.2) is 42.5 Å². The SMILES string of the molecule is Cc1cc(C(=O)c2ccccc2)c2[nH]c(C(=O)O)c(C)c2c1. The van der Waals surface area contributed by atoms with Crippen LogP contribution in [0.1, 0.15) is 37.5 Å². The van der Waals surface area contributed by atoms with Crippen LogP contribution < -0.4 is 0 Å². The second kappa shape index (κ2) is 5.15. The van der Waals surface area contributed by atoms with Crippen molar-refractivity contribution in [1.29, 1.82) is 0 Å². The summed E-state index contributed by atoms with van der Waals surface area (Å²) in [6, 6.07) is 12.7. The topological polar surface area (TPSA) is 70.2 Å². The number of aromatic nitrogens is 1. The number of nitrogens with one attached hydrogen (secondary N) is 1. The number of hydrogen-bond donors (Lipinski definition) is 2. The predicted octanol–water partition coefficient (Wildman–Crippen LogP) is 3.71. The number of aryl methyl sites for hydroxylation is 2. The third kappa shape index (κ3) is 2.19. The molecule has 0 bridgehead atoms. The van der Waals surface area contributed by atoms with Gasteiger partial charge in [-0.2, -0.15) is 0 Å². The first-order chi connectivity index (χ1) is 10.5. The minimum atomic E-state index is -1.02. The number of carboxylic acid groups (broad SMARTS) is 1. The van der Waals surface area contributed by atoms with Gasteiger partial charge in [0.05, 0.1) is 5.52 Å². The first-order valence-electron chi connectivity index (χ1n) is 6.95. The van der Waals surface area contributed by atoms with Crippen molar-refractivity contribution in [3.8, 4) is 0 Å². The summed E-state index contributed by atoms with van der Waals surface area (Å²) in [5.41, 5.74) is 3.35. The summed E-state index contributed by atoms with van der Waals surface area (Å²) in [6.45, 7) is 3.65. The van der Waals surface area contributed by atoms with Crippen LogP contribution in [0.5, 0.6) is 0 Å². The van der Waals surface area contributed by atoms with Crippen LogP contribution in [0, 0.1) is 13.8 Å². The molecule has 0 aliphatic carbocycles. The monoisotopic (exact) mass is 293 g/mol. The molecule has 1 heterocycles. The number of carbonyl (C=O) groups is 2. The summed E-state index contributed by atoms with van der Waals surface area (Å²) in [7, 11) is 0. The van der Waals surface area contributed by atoms with Crippen LogP contribution in [-0.2, 0) is 0 Å². The fraction of sp³-hybridized carbons (Fsp3) is 0.111. The van der Waals surface area contributed by atoms with E-state index in [9.17, 15) is 14.7 Å². The van der Waals surface area contributed by atoms with Crippen molar-refractivity contribution in [2.75, 3.05) is 0 Å². The molecule has 3 rings (SSSR count). The van der Waals surface area contributed by atoms with Crippen molar-refractivity contribution in [2.24, 2.45) is 0 Å². The van der Waals surface area contributed by atoms with Gasteiger partial charge in [0.2, 0.25) is 0 Å². The molecule has 22 heavy (non-hydrogen) atoms. The molecule has 3 aromatic rings. The molecule has 0 fully saturated rings. The number of hydrogen-bond acceptors (Lipinski definition) is 2. The molecule has 4 nitrogen and oxygen atoms in total. The molecular formula is C18H15NO3. The predicted molar refractivity (Wildman–Crippen MR) is 84.6 cm³/mol. The molecule has 2 aromatic carbocycles. The van der Waals surface area contributed by atoms with E-state index >= 15 is 0 Å². The maximum atomic E-state index is 12.7. The van der Waals surface area contributed by atoms with Crippen molar-refractivity contribution >= 4 is 22.7 Å². The van der Waals surface area contributed by atoms with Crippen LogP contribution in [0.2, 0.25) is 0 Å². The number of aromatic carboxylic acids is 1. The maximum absolute atomic E-state index is 12.7. The fourth-order valence-electron chi connectivity index (χ4n) is 2.71. The van der Waals surface area contributed by atoms with Gasteiger partial charge < -0.3 is 10.1 Å². The Morgan fingerprint density at radius 1 is 1.05 bits per heavy atom. The lowest BCUT2D eigenvalue weighted by molar-refractivity contribution is 0.0690. The zero-order valence-electron chi connectivity index (χ0n) is 12.3. The van der Waals surface area contributed by atoms with Gasteiger partial charge in [-0.15, -0.1) is 0 Å². The number of H-pyrrole nitrogens is 1. The quantitative estimate of drug-likeness (QED) is 0.723. The zero-order chi connectivity index (χ0) is 15.9. The molecule has 0 atom stereocenters. The highest BCUT2D eigenvalue weighted by atomic mass is 16.4. The van der Waals surface area contributed by atoms with E-state index < -0.39 is 5.97 Å². The summed E-state index contributed by atoms with van der Waals surface area (Å²) in [4.78, 5) is 26.9. The van der Waals surface area contributed by atoms with Gasteiger partial charge in [0.1, 0.15) is 5.69 Å². The van der Waals surface area contributed by atoms with Crippen molar-refractivity contribution in [3.63, 3.8) is 0 Å². The van der Waals surface area contributed by atoms with Crippen molar-refractivity contribution in [3.05, 3.63) is 70.4 Å². The highest BCUT2D eigenvalue weighted by molar-refractivity contribution is 6.17. The smallest absolute Gasteiger partial charge is 0.352 e. The number of benzene rings is 2. The number of carboxylic acids is 1. The number of aromatic amines is 1. The minimum absolute atomic E-state index is 0.118. The van der Waals surface area contributed by atoms with E-state index in [1.54, 1.807) is 25.1 Å². The van der Waals surface area contributed by atoms with Gasteiger partial charge in [-0.1, -0.05) is 30.3 Å². The summed E-state index contributed by atoms with van der Waals surface area (Å²) >= 11 is 0. The third-order valence-electron chi connectivity index (χ3n) is 3.81. The molecule has 1 aromatic heterocycles. The van der Waals surface area contributed by atoms with E-state index in [2.05, 4.69) is 4.98 Å². The number of rotatable bonds is 3. The molecule has 0 spiro atoms. The van der Waals surface area contributed by atoms with Gasteiger partial charge in [-0.05, 0) is 37.1 Å². The molecule has 4 heteroatoms. The minimum Gasteiger partial charge on any atom is -0.477 e. The average molecular weight is 293 g/mol. The van der Waals surface area contributed by atoms with E-state index in [0.29, 0.717) is 22.2 Å². The Morgan fingerprint density at radius 3 is 2.36 bits per heavy atom. The second-order valence-corrected chi connectivity index (χ2v) is 5.36. The molecule has 0 unspecified atom stereocenters. The first-order valence-corrected chi connectivity index (χ1v) is 6.95. The summed E-state index contributed by atoms with van der Waals surface area (Å²) in [6.07, 6.45) is 0. The number of carbonyl (C=O) groups excluding carboxylic acids is 1.